The molecule has 1 aromatic carbocycles. The number of rotatable bonds is 5. The summed E-state index contributed by atoms with van der Waals surface area (Å²) in [6.07, 6.45) is 6.76. The maximum atomic E-state index is 6.34. The normalized spacial score (nSPS) is 29.9. The number of likely N-dealkylation sites (N-methyl/N-ethyl adjacent to an activating group) is 1. The second-order valence-corrected chi connectivity index (χ2v) is 7.14. The summed E-state index contributed by atoms with van der Waals surface area (Å²) in [4.78, 5) is 0. The maximum absolute atomic E-state index is 6.34. The largest absolute Gasteiger partial charge is 0.314 e. The first-order chi connectivity index (χ1) is 9.70. The van der Waals surface area contributed by atoms with Gasteiger partial charge in [-0.2, -0.15) is 0 Å². The summed E-state index contributed by atoms with van der Waals surface area (Å²) in [6.45, 7) is 3.23. The number of nitrogens with one attached hydrogen (secondary N) is 1. The fraction of sp³-hybridized carbons (Fsp3) is 0.647. The van der Waals surface area contributed by atoms with Crippen LogP contribution in [0.1, 0.15) is 38.2 Å². The molecule has 2 saturated carbocycles. The highest BCUT2D eigenvalue weighted by Gasteiger charge is 2.53. The Hall–Kier alpha value is -0.240. The van der Waals surface area contributed by atoms with Crippen molar-refractivity contribution in [3.8, 4) is 0 Å². The predicted molar refractivity (Wildman–Crippen MR) is 86.6 cm³/mol. The molecule has 1 nitrogen and oxygen atoms in total. The molecular formula is C17H23Cl2N. The van der Waals surface area contributed by atoms with Crippen LogP contribution in [-0.4, -0.2) is 12.6 Å². The molecule has 0 spiro atoms. The van der Waals surface area contributed by atoms with E-state index in [1.54, 1.807) is 0 Å². The van der Waals surface area contributed by atoms with Gasteiger partial charge in [0.15, 0.2) is 0 Å². The number of hydrogen-bond acceptors (Lipinski definition) is 1. The fourth-order valence-electron chi connectivity index (χ4n) is 4.18. The molecule has 2 fully saturated rings. The number of hydrogen-bond donors (Lipinski definition) is 1. The summed E-state index contributed by atoms with van der Waals surface area (Å²) in [7, 11) is 0. The summed E-state index contributed by atoms with van der Waals surface area (Å²) in [5.74, 6) is 2.81. The van der Waals surface area contributed by atoms with Gasteiger partial charge in [-0.15, -0.1) is 0 Å². The highest BCUT2D eigenvalue weighted by atomic mass is 35.5. The Labute approximate surface area is 132 Å². The van der Waals surface area contributed by atoms with Gasteiger partial charge in [0.05, 0.1) is 0 Å². The lowest BCUT2D eigenvalue weighted by Crippen LogP contribution is -2.34. The Balaban J connectivity index is 1.71. The van der Waals surface area contributed by atoms with Crippen LogP contribution in [0.4, 0.5) is 0 Å². The third-order valence-electron chi connectivity index (χ3n) is 5.11. The predicted octanol–water partition coefficient (Wildman–Crippen LogP) is 4.95. The molecule has 3 heteroatoms. The minimum Gasteiger partial charge on any atom is -0.314 e. The smallest absolute Gasteiger partial charge is 0.0453 e. The lowest BCUT2D eigenvalue weighted by molar-refractivity contribution is 0.437. The van der Waals surface area contributed by atoms with Gasteiger partial charge in [0, 0.05) is 16.1 Å². The molecule has 0 bridgehead atoms. The molecule has 0 radical (unpaired) electrons. The minimum absolute atomic E-state index is 0.576. The lowest BCUT2D eigenvalue weighted by Gasteiger charge is -2.19. The van der Waals surface area contributed by atoms with E-state index in [0.717, 1.165) is 40.8 Å². The Morgan fingerprint density at radius 2 is 1.90 bits per heavy atom. The summed E-state index contributed by atoms with van der Waals surface area (Å²) < 4.78 is 0. The molecule has 3 rings (SSSR count). The minimum atomic E-state index is 0.576. The third-order valence-corrected chi connectivity index (χ3v) is 5.70. The second-order valence-electron chi connectivity index (χ2n) is 6.29. The lowest BCUT2D eigenvalue weighted by atomic mass is 9.99. The van der Waals surface area contributed by atoms with Crippen LogP contribution in [-0.2, 0) is 6.42 Å². The summed E-state index contributed by atoms with van der Waals surface area (Å²) in [6, 6.07) is 6.47. The average molecular weight is 312 g/mol. The second kappa shape index (κ2) is 6.25. The average Bonchev–Trinajstić information content (AvgIpc) is 3.15. The van der Waals surface area contributed by atoms with Crippen molar-refractivity contribution < 1.29 is 0 Å². The SMILES string of the molecule is CCNC(Cc1ccc(Cl)cc1Cl)C1C2CCCCC21. The Morgan fingerprint density at radius 1 is 1.20 bits per heavy atom. The van der Waals surface area contributed by atoms with E-state index in [4.69, 9.17) is 23.2 Å². The molecule has 0 saturated heterocycles. The Bertz CT molecular complexity index is 462. The monoisotopic (exact) mass is 311 g/mol. The van der Waals surface area contributed by atoms with Crippen LogP contribution >= 0.6 is 23.2 Å². The zero-order valence-electron chi connectivity index (χ0n) is 12.0. The van der Waals surface area contributed by atoms with E-state index in [1.807, 2.05) is 12.1 Å². The van der Waals surface area contributed by atoms with Crippen LogP contribution in [0, 0.1) is 17.8 Å². The van der Waals surface area contributed by atoms with Gasteiger partial charge in [-0.05, 0) is 61.3 Å². The quantitative estimate of drug-likeness (QED) is 0.811. The van der Waals surface area contributed by atoms with E-state index in [-0.39, 0.29) is 0 Å². The number of fused-ring (bicyclic) bond motifs is 1. The molecule has 0 amide bonds. The summed E-state index contributed by atoms with van der Waals surface area (Å²) >= 11 is 12.3. The summed E-state index contributed by atoms with van der Waals surface area (Å²) in [5.41, 5.74) is 1.23. The highest BCUT2D eigenvalue weighted by Crippen LogP contribution is 2.57. The number of benzene rings is 1. The van der Waals surface area contributed by atoms with E-state index in [1.165, 1.54) is 31.2 Å². The standard InChI is InChI=1S/C17H23Cl2N/c1-2-20-16(17-13-5-3-4-6-14(13)17)9-11-7-8-12(18)10-15(11)19/h7-8,10,13-14,16-17,20H,2-6,9H2,1H3. The van der Waals surface area contributed by atoms with Crippen LogP contribution in [0.3, 0.4) is 0 Å². The number of halogens is 2. The van der Waals surface area contributed by atoms with Crippen molar-refractivity contribution in [3.63, 3.8) is 0 Å². The molecule has 1 N–H and O–H groups in total. The zero-order chi connectivity index (χ0) is 14.1. The Kier molecular flexibility index (Phi) is 4.59. The van der Waals surface area contributed by atoms with Gasteiger partial charge in [-0.1, -0.05) is 49.0 Å². The van der Waals surface area contributed by atoms with Gasteiger partial charge < -0.3 is 5.32 Å². The van der Waals surface area contributed by atoms with Crippen LogP contribution in [0.5, 0.6) is 0 Å². The van der Waals surface area contributed by atoms with E-state index in [9.17, 15) is 0 Å². The first-order valence-corrected chi connectivity index (χ1v) is 8.63. The molecule has 0 aromatic heterocycles. The first kappa shape index (κ1) is 14.7. The molecule has 2 aliphatic carbocycles. The van der Waals surface area contributed by atoms with Gasteiger partial charge in [-0.25, -0.2) is 0 Å². The molecule has 0 aliphatic heterocycles. The Morgan fingerprint density at radius 3 is 2.50 bits per heavy atom. The van der Waals surface area contributed by atoms with E-state index < -0.39 is 0 Å². The van der Waals surface area contributed by atoms with Gasteiger partial charge >= 0.3 is 0 Å². The van der Waals surface area contributed by atoms with Crippen LogP contribution in [0.2, 0.25) is 10.0 Å². The van der Waals surface area contributed by atoms with Crippen molar-refractivity contribution in [2.75, 3.05) is 6.54 Å². The van der Waals surface area contributed by atoms with Crippen LogP contribution in [0.15, 0.2) is 18.2 Å². The van der Waals surface area contributed by atoms with Crippen molar-refractivity contribution in [1.82, 2.24) is 5.32 Å². The van der Waals surface area contributed by atoms with Crippen molar-refractivity contribution >= 4 is 23.2 Å². The van der Waals surface area contributed by atoms with Gasteiger partial charge in [-0.3, -0.25) is 0 Å². The van der Waals surface area contributed by atoms with Crippen molar-refractivity contribution in [2.24, 2.45) is 17.8 Å². The fourth-order valence-corrected chi connectivity index (χ4v) is 4.66. The van der Waals surface area contributed by atoms with E-state index in [0.29, 0.717) is 6.04 Å². The molecular weight excluding hydrogens is 289 g/mol. The molecule has 2 aliphatic rings. The van der Waals surface area contributed by atoms with Gasteiger partial charge in [0.1, 0.15) is 0 Å². The van der Waals surface area contributed by atoms with E-state index in [2.05, 4.69) is 18.3 Å². The first-order valence-electron chi connectivity index (χ1n) is 7.88. The van der Waals surface area contributed by atoms with Crippen LogP contribution < -0.4 is 5.32 Å². The molecule has 110 valence electrons. The third kappa shape index (κ3) is 3.00. The van der Waals surface area contributed by atoms with Crippen molar-refractivity contribution in [3.05, 3.63) is 33.8 Å². The topological polar surface area (TPSA) is 12.0 Å². The van der Waals surface area contributed by atoms with Crippen molar-refractivity contribution in [2.45, 2.75) is 45.1 Å². The molecule has 1 aromatic rings. The van der Waals surface area contributed by atoms with Crippen LogP contribution in [0.25, 0.3) is 0 Å². The molecule has 3 unspecified atom stereocenters. The van der Waals surface area contributed by atoms with Crippen molar-refractivity contribution in [1.29, 1.82) is 0 Å². The van der Waals surface area contributed by atoms with Gasteiger partial charge in [0.25, 0.3) is 0 Å². The molecule has 3 atom stereocenters. The summed E-state index contributed by atoms with van der Waals surface area (Å²) in [5, 5.41) is 5.23. The molecule has 0 heterocycles. The zero-order valence-corrected chi connectivity index (χ0v) is 13.6. The van der Waals surface area contributed by atoms with Gasteiger partial charge in [0.2, 0.25) is 0 Å². The maximum Gasteiger partial charge on any atom is 0.0453 e. The highest BCUT2D eigenvalue weighted by molar-refractivity contribution is 6.35. The van der Waals surface area contributed by atoms with E-state index >= 15 is 0 Å². The molecule has 20 heavy (non-hydrogen) atoms.